The summed E-state index contributed by atoms with van der Waals surface area (Å²) in [5.41, 5.74) is 1.02. The zero-order chi connectivity index (χ0) is 26.0. The van der Waals surface area contributed by atoms with E-state index in [1.807, 2.05) is 73.7 Å². The number of hydrogen-bond acceptors (Lipinski definition) is 5. The predicted octanol–water partition coefficient (Wildman–Crippen LogP) is 4.15. The van der Waals surface area contributed by atoms with Crippen LogP contribution in [0.25, 0.3) is 6.08 Å². The fraction of sp³-hybridized carbons (Fsp3) is 0.367. The van der Waals surface area contributed by atoms with Gasteiger partial charge in [0.2, 0.25) is 5.91 Å². The number of amides is 2. The van der Waals surface area contributed by atoms with Gasteiger partial charge in [0.05, 0.1) is 19.1 Å². The Bertz CT molecular complexity index is 1120. The molecule has 0 radical (unpaired) electrons. The van der Waals surface area contributed by atoms with E-state index in [1.54, 1.807) is 23.1 Å². The smallest absolute Gasteiger partial charge is 0.309 e. The summed E-state index contributed by atoms with van der Waals surface area (Å²) >= 11 is 0. The number of para-hydroxylation sites is 1. The van der Waals surface area contributed by atoms with Gasteiger partial charge in [-0.3, -0.25) is 14.4 Å². The van der Waals surface area contributed by atoms with Gasteiger partial charge < -0.3 is 19.7 Å². The molecule has 0 saturated carbocycles. The average Bonchev–Trinajstić information content (AvgIpc) is 3.41. The Balaban J connectivity index is 1.58. The number of nitrogens with zero attached hydrogens (tertiary/aromatic N) is 1. The van der Waals surface area contributed by atoms with Gasteiger partial charge in [0.25, 0.3) is 5.91 Å². The highest BCUT2D eigenvalue weighted by Crippen LogP contribution is 2.23. The van der Waals surface area contributed by atoms with Gasteiger partial charge in [-0.25, -0.2) is 0 Å². The maximum atomic E-state index is 13.6. The summed E-state index contributed by atoms with van der Waals surface area (Å²) in [4.78, 5) is 41.0. The minimum absolute atomic E-state index is 0.0542. The van der Waals surface area contributed by atoms with E-state index in [0.29, 0.717) is 18.7 Å². The van der Waals surface area contributed by atoms with E-state index in [-0.39, 0.29) is 49.2 Å². The number of cyclic esters (lactones) is 1. The molecule has 2 aliphatic heterocycles. The molecule has 2 aliphatic rings. The number of carbonyl (C=O) groups excluding carboxylic acids is 3. The Kier molecular flexibility index (Phi) is 9.13. The van der Waals surface area contributed by atoms with Crippen molar-refractivity contribution in [1.29, 1.82) is 0 Å². The summed E-state index contributed by atoms with van der Waals surface area (Å²) in [7, 11) is 0. The molecule has 4 rings (SSSR count). The van der Waals surface area contributed by atoms with E-state index in [4.69, 9.17) is 9.47 Å². The van der Waals surface area contributed by atoms with E-state index in [1.165, 1.54) is 0 Å². The maximum Gasteiger partial charge on any atom is 0.309 e. The minimum atomic E-state index is -0.864. The molecule has 2 aromatic rings. The van der Waals surface area contributed by atoms with Crippen LogP contribution >= 0.6 is 0 Å². The molecule has 1 fully saturated rings. The third kappa shape index (κ3) is 7.32. The first kappa shape index (κ1) is 26.2. The molecule has 2 amide bonds. The number of rotatable bonds is 4. The zero-order valence-corrected chi connectivity index (χ0v) is 21.1. The summed E-state index contributed by atoms with van der Waals surface area (Å²) in [5, 5.41) is 3.15. The molecule has 1 saturated heterocycles. The number of fused-ring (bicyclic) bond motifs is 1. The number of nitrogens with one attached hydrogen (secondary N) is 1. The van der Waals surface area contributed by atoms with Crippen LogP contribution in [-0.4, -0.2) is 54.0 Å². The van der Waals surface area contributed by atoms with E-state index >= 15 is 0 Å². The molecule has 1 N–H and O–H groups in total. The standard InChI is InChI=1S/C30H34N2O5/c1-22-10-8-16-28(33)36-21-19-27(37-24-13-6-3-7-14-24)30(35)32-20-9-15-26(32)29(34)31-25(22)18-17-23-11-4-2-5-12-23/h2-8,10-14,17-18,22,25-27H,9,15-16,19-21H2,1H3,(H,31,34)/b10-8+,18-17+/t22-,25-,26+,27?/m1/s1. The first-order valence-corrected chi connectivity index (χ1v) is 12.9. The molecule has 2 heterocycles. The third-order valence-corrected chi connectivity index (χ3v) is 6.67. The Morgan fingerprint density at radius 2 is 1.73 bits per heavy atom. The molecule has 37 heavy (non-hydrogen) atoms. The van der Waals surface area contributed by atoms with Gasteiger partial charge in [0.1, 0.15) is 11.8 Å². The largest absolute Gasteiger partial charge is 0.480 e. The zero-order valence-electron chi connectivity index (χ0n) is 21.1. The quantitative estimate of drug-likeness (QED) is 0.502. The molecule has 7 heteroatoms. The summed E-state index contributed by atoms with van der Waals surface area (Å²) in [6.45, 7) is 2.52. The van der Waals surface area contributed by atoms with Crippen molar-refractivity contribution in [2.75, 3.05) is 13.2 Å². The van der Waals surface area contributed by atoms with E-state index in [0.717, 1.165) is 12.0 Å². The highest BCUT2D eigenvalue weighted by Gasteiger charge is 2.38. The maximum absolute atomic E-state index is 13.6. The van der Waals surface area contributed by atoms with Crippen LogP contribution in [0.5, 0.6) is 5.75 Å². The van der Waals surface area contributed by atoms with Crippen molar-refractivity contribution in [2.24, 2.45) is 5.92 Å². The molecule has 0 aliphatic carbocycles. The van der Waals surface area contributed by atoms with Crippen molar-refractivity contribution in [1.82, 2.24) is 10.2 Å². The van der Waals surface area contributed by atoms with E-state index < -0.39 is 12.1 Å². The van der Waals surface area contributed by atoms with E-state index in [9.17, 15) is 14.4 Å². The van der Waals surface area contributed by atoms with Crippen molar-refractivity contribution in [3.05, 3.63) is 84.5 Å². The lowest BCUT2D eigenvalue weighted by atomic mass is 9.98. The fourth-order valence-corrected chi connectivity index (χ4v) is 4.62. The third-order valence-electron chi connectivity index (χ3n) is 6.67. The van der Waals surface area contributed by atoms with Crippen molar-refractivity contribution >= 4 is 23.9 Å². The molecule has 0 spiro atoms. The van der Waals surface area contributed by atoms with Crippen molar-refractivity contribution < 1.29 is 23.9 Å². The second kappa shape index (κ2) is 12.9. The van der Waals surface area contributed by atoms with Crippen LogP contribution in [0, 0.1) is 5.92 Å². The molecule has 0 aromatic heterocycles. The molecule has 2 aromatic carbocycles. The number of carbonyl (C=O) groups is 3. The van der Waals surface area contributed by atoms with Gasteiger partial charge in [-0.15, -0.1) is 0 Å². The lowest BCUT2D eigenvalue weighted by Gasteiger charge is -2.30. The molecule has 0 bridgehead atoms. The van der Waals surface area contributed by atoms with Crippen molar-refractivity contribution in [3.63, 3.8) is 0 Å². The monoisotopic (exact) mass is 502 g/mol. The first-order valence-electron chi connectivity index (χ1n) is 12.9. The molecule has 7 nitrogen and oxygen atoms in total. The first-order chi connectivity index (χ1) is 18.0. The average molecular weight is 503 g/mol. The molecule has 1 unspecified atom stereocenters. The van der Waals surface area contributed by atoms with Gasteiger partial charge in [0.15, 0.2) is 6.10 Å². The second-order valence-electron chi connectivity index (χ2n) is 9.41. The normalized spacial score (nSPS) is 26.5. The Labute approximate surface area is 218 Å². The van der Waals surface area contributed by atoms with E-state index in [2.05, 4.69) is 5.32 Å². The second-order valence-corrected chi connectivity index (χ2v) is 9.41. The SMILES string of the molecule is C[C@@H]1/C=C/CC(=O)OCCC(Oc2ccccc2)C(=O)N2CCC[C@H]2C(=O)N[C@@H]1/C=C/c1ccccc1. The fourth-order valence-electron chi connectivity index (χ4n) is 4.62. The highest BCUT2D eigenvalue weighted by molar-refractivity contribution is 5.90. The number of benzene rings is 2. The van der Waals surface area contributed by atoms with Crippen LogP contribution in [-0.2, 0) is 19.1 Å². The molecule has 4 atom stereocenters. The van der Waals surface area contributed by atoms with Gasteiger partial charge in [0, 0.05) is 13.0 Å². The summed E-state index contributed by atoms with van der Waals surface area (Å²) in [5.74, 6) is -0.358. The van der Waals surface area contributed by atoms with Crippen molar-refractivity contribution in [2.45, 2.75) is 50.8 Å². The lowest BCUT2D eigenvalue weighted by molar-refractivity contribution is -0.148. The summed E-state index contributed by atoms with van der Waals surface area (Å²) < 4.78 is 11.4. The number of hydrogen-bond donors (Lipinski definition) is 1. The summed E-state index contributed by atoms with van der Waals surface area (Å²) in [6.07, 6.45) is 8.39. The van der Waals surface area contributed by atoms with Gasteiger partial charge in [-0.2, -0.15) is 0 Å². The number of ether oxygens (including phenoxy) is 2. The highest BCUT2D eigenvalue weighted by atomic mass is 16.5. The molecular weight excluding hydrogens is 468 g/mol. The molecular formula is C30H34N2O5. The van der Waals surface area contributed by atoms with Crippen LogP contribution in [0.1, 0.15) is 38.2 Å². The van der Waals surface area contributed by atoms with Crippen LogP contribution in [0.2, 0.25) is 0 Å². The Morgan fingerprint density at radius 3 is 2.49 bits per heavy atom. The topological polar surface area (TPSA) is 84.9 Å². The Hall–Kier alpha value is -3.87. The minimum Gasteiger partial charge on any atom is -0.480 e. The van der Waals surface area contributed by atoms with Gasteiger partial charge >= 0.3 is 5.97 Å². The van der Waals surface area contributed by atoms with Crippen molar-refractivity contribution in [3.8, 4) is 5.75 Å². The predicted molar refractivity (Wildman–Crippen MR) is 141 cm³/mol. The van der Waals surface area contributed by atoms with Crippen LogP contribution < -0.4 is 10.1 Å². The van der Waals surface area contributed by atoms with Crippen LogP contribution in [0.15, 0.2) is 78.9 Å². The lowest BCUT2D eigenvalue weighted by Crippen LogP contribution is -2.52. The van der Waals surface area contributed by atoms with Gasteiger partial charge in [-0.05, 0) is 36.5 Å². The summed E-state index contributed by atoms with van der Waals surface area (Å²) in [6, 6.07) is 18.0. The van der Waals surface area contributed by atoms with Crippen LogP contribution in [0.4, 0.5) is 0 Å². The Morgan fingerprint density at radius 1 is 1.00 bits per heavy atom. The van der Waals surface area contributed by atoms with Crippen LogP contribution in [0.3, 0.4) is 0 Å². The van der Waals surface area contributed by atoms with Gasteiger partial charge in [-0.1, -0.05) is 79.8 Å². The molecule has 194 valence electrons. The number of esters is 1.